The summed E-state index contributed by atoms with van der Waals surface area (Å²) in [6.45, 7) is 0.147. The van der Waals surface area contributed by atoms with Crippen molar-refractivity contribution < 1.29 is 19.1 Å². The molecule has 3 amide bonds. The number of imide groups is 1. The van der Waals surface area contributed by atoms with Gasteiger partial charge < -0.3 is 15.0 Å². The van der Waals surface area contributed by atoms with E-state index in [-0.39, 0.29) is 24.3 Å². The molecule has 3 aromatic carbocycles. The van der Waals surface area contributed by atoms with Gasteiger partial charge in [-0.1, -0.05) is 48.5 Å². The Bertz CT molecular complexity index is 1610. The number of hydrogen-bond donors (Lipinski definition) is 3. The van der Waals surface area contributed by atoms with Crippen molar-refractivity contribution in [2.45, 2.75) is 24.5 Å². The van der Waals surface area contributed by atoms with Crippen LogP contribution in [-0.2, 0) is 32.9 Å². The van der Waals surface area contributed by atoms with Crippen molar-refractivity contribution in [3.63, 3.8) is 0 Å². The van der Waals surface area contributed by atoms with Crippen LogP contribution in [0.1, 0.15) is 16.7 Å². The van der Waals surface area contributed by atoms with Crippen LogP contribution >= 0.6 is 0 Å². The van der Waals surface area contributed by atoms with Crippen LogP contribution in [0.4, 0.5) is 5.69 Å². The molecule has 0 saturated carbocycles. The van der Waals surface area contributed by atoms with Crippen LogP contribution in [0.3, 0.4) is 0 Å². The fraction of sp³-hybridized carbons (Fsp3) is 0.233. The topological polar surface area (TPSA) is 104 Å². The zero-order chi connectivity index (χ0) is 26.0. The van der Waals surface area contributed by atoms with Gasteiger partial charge in [0.15, 0.2) is 0 Å². The highest BCUT2D eigenvalue weighted by Gasteiger charge is 2.70. The number of nitrogens with zero attached hydrogens (tertiary/aromatic N) is 1. The maximum absolute atomic E-state index is 14.1. The summed E-state index contributed by atoms with van der Waals surface area (Å²) >= 11 is 0. The van der Waals surface area contributed by atoms with Crippen molar-refractivity contribution in [2.75, 3.05) is 12.4 Å². The molecule has 4 heterocycles. The molecule has 7 rings (SSSR count). The number of benzene rings is 3. The van der Waals surface area contributed by atoms with Gasteiger partial charge in [-0.3, -0.25) is 24.6 Å². The third-order valence-electron chi connectivity index (χ3n) is 8.33. The molecule has 8 heteroatoms. The van der Waals surface area contributed by atoms with Gasteiger partial charge >= 0.3 is 0 Å². The third kappa shape index (κ3) is 3.10. The molecule has 0 unspecified atom stereocenters. The van der Waals surface area contributed by atoms with Gasteiger partial charge in [-0.2, -0.15) is 0 Å². The predicted molar refractivity (Wildman–Crippen MR) is 141 cm³/mol. The molecule has 3 aliphatic heterocycles. The quantitative estimate of drug-likeness (QED) is 0.360. The minimum Gasteiger partial charge on any atom is -0.497 e. The van der Waals surface area contributed by atoms with Gasteiger partial charge in [0.2, 0.25) is 17.7 Å². The zero-order valence-electron chi connectivity index (χ0n) is 20.7. The van der Waals surface area contributed by atoms with Gasteiger partial charge in [0.25, 0.3) is 0 Å². The first-order valence-electron chi connectivity index (χ1n) is 12.7. The normalized spacial score (nSPS) is 25.8. The molecule has 3 aliphatic rings. The number of H-pyrrole nitrogens is 1. The average molecular weight is 507 g/mol. The number of amides is 3. The maximum atomic E-state index is 14.1. The highest BCUT2D eigenvalue weighted by Crippen LogP contribution is 2.53. The zero-order valence-corrected chi connectivity index (χ0v) is 20.7. The minimum absolute atomic E-state index is 0.147. The molecule has 38 heavy (non-hydrogen) atoms. The number of aromatic nitrogens is 1. The lowest BCUT2D eigenvalue weighted by Gasteiger charge is -2.29. The van der Waals surface area contributed by atoms with Crippen LogP contribution < -0.4 is 15.4 Å². The van der Waals surface area contributed by atoms with E-state index in [2.05, 4.69) is 15.6 Å². The van der Waals surface area contributed by atoms with E-state index in [1.54, 1.807) is 7.11 Å². The van der Waals surface area contributed by atoms with Crippen molar-refractivity contribution in [2.24, 2.45) is 11.8 Å². The van der Waals surface area contributed by atoms with Gasteiger partial charge in [0.1, 0.15) is 11.3 Å². The lowest BCUT2D eigenvalue weighted by molar-refractivity contribution is -0.143. The smallest absolute Gasteiger partial charge is 0.250 e. The first-order chi connectivity index (χ1) is 18.5. The lowest BCUT2D eigenvalue weighted by atomic mass is 9.76. The lowest BCUT2D eigenvalue weighted by Crippen LogP contribution is -2.53. The predicted octanol–water partition coefficient (Wildman–Crippen LogP) is 3.34. The number of anilines is 1. The summed E-state index contributed by atoms with van der Waals surface area (Å²) in [4.78, 5) is 46.3. The van der Waals surface area contributed by atoms with E-state index in [0.29, 0.717) is 23.4 Å². The Balaban J connectivity index is 1.31. The fourth-order valence-electron chi connectivity index (χ4n) is 6.60. The maximum Gasteiger partial charge on any atom is 0.250 e. The standard InChI is InChI=1S/C30H26N4O4/c1-38-19-12-10-17(11-13-19)16-34-27(35)25-24(14-18-15-31-22-8-4-2-6-20(18)22)33-30(26(25)28(34)36)21-7-3-5-9-23(21)32-29(30)37/h2-13,15,24-26,31,33H,14,16H2,1H3,(H,32,37)/t24-,25-,26+,30+/m1/s1. The van der Waals surface area contributed by atoms with Crippen LogP contribution in [0.25, 0.3) is 10.9 Å². The number of likely N-dealkylation sites (tertiary alicyclic amines) is 1. The number of carbonyl (C=O) groups is 3. The van der Waals surface area contributed by atoms with Crippen LogP contribution in [-0.4, -0.2) is 40.8 Å². The summed E-state index contributed by atoms with van der Waals surface area (Å²) in [7, 11) is 1.59. The fourth-order valence-corrected chi connectivity index (χ4v) is 6.60. The van der Waals surface area contributed by atoms with E-state index in [4.69, 9.17) is 4.74 Å². The summed E-state index contributed by atoms with van der Waals surface area (Å²) in [5.41, 5.74) is 2.94. The Hall–Kier alpha value is -4.43. The number of methoxy groups -OCH3 is 1. The van der Waals surface area contributed by atoms with Gasteiger partial charge in [-0.15, -0.1) is 0 Å². The van der Waals surface area contributed by atoms with Crippen molar-refractivity contribution in [1.82, 2.24) is 15.2 Å². The van der Waals surface area contributed by atoms with Crippen LogP contribution in [0.15, 0.2) is 79.0 Å². The second-order valence-corrected chi connectivity index (χ2v) is 10.2. The van der Waals surface area contributed by atoms with Crippen molar-refractivity contribution in [3.05, 3.63) is 95.7 Å². The summed E-state index contributed by atoms with van der Waals surface area (Å²) in [5.74, 6) is -1.68. The van der Waals surface area contributed by atoms with Gasteiger partial charge in [-0.25, -0.2) is 0 Å². The molecule has 2 saturated heterocycles. The summed E-state index contributed by atoms with van der Waals surface area (Å²) in [5, 5.41) is 7.55. The first kappa shape index (κ1) is 22.7. The Morgan fingerprint density at radius 3 is 2.50 bits per heavy atom. The molecule has 2 fully saturated rings. The Labute approximate surface area is 219 Å². The average Bonchev–Trinajstić information content (AvgIpc) is 3.65. The van der Waals surface area contributed by atoms with Crippen LogP contribution in [0, 0.1) is 11.8 Å². The monoisotopic (exact) mass is 506 g/mol. The SMILES string of the molecule is COc1ccc(CN2C(=O)[C@H]3[C@@H](C2=O)[C@]2(N[C@@H]3Cc3c[nH]c4ccccc34)C(=O)Nc3ccccc32)cc1. The van der Waals surface area contributed by atoms with E-state index in [9.17, 15) is 14.4 Å². The number of rotatable bonds is 5. The van der Waals surface area contributed by atoms with Crippen LogP contribution in [0.2, 0.25) is 0 Å². The Morgan fingerprint density at radius 1 is 0.921 bits per heavy atom. The summed E-state index contributed by atoms with van der Waals surface area (Å²) in [6, 6.07) is 22.3. The molecule has 4 atom stereocenters. The number of fused-ring (bicyclic) bond motifs is 5. The number of para-hydroxylation sites is 2. The molecule has 190 valence electrons. The number of aromatic amines is 1. The summed E-state index contributed by atoms with van der Waals surface area (Å²) < 4.78 is 5.24. The van der Waals surface area contributed by atoms with E-state index in [1.165, 1.54) is 4.90 Å². The minimum atomic E-state index is -1.31. The second kappa shape index (κ2) is 8.29. The number of ether oxygens (including phenoxy) is 1. The van der Waals surface area contributed by atoms with Crippen molar-refractivity contribution in [3.8, 4) is 5.75 Å². The van der Waals surface area contributed by atoms with Gasteiger partial charge in [-0.05, 0) is 41.8 Å². The van der Waals surface area contributed by atoms with E-state index in [0.717, 1.165) is 22.0 Å². The van der Waals surface area contributed by atoms with Crippen LogP contribution in [0.5, 0.6) is 5.75 Å². The summed E-state index contributed by atoms with van der Waals surface area (Å²) in [6.07, 6.45) is 2.45. The molecule has 0 radical (unpaired) electrons. The molecule has 1 aromatic heterocycles. The van der Waals surface area contributed by atoms with Crippen molar-refractivity contribution >= 4 is 34.3 Å². The Kier molecular flexibility index (Phi) is 4.96. The first-order valence-corrected chi connectivity index (χ1v) is 12.7. The Morgan fingerprint density at radius 2 is 1.68 bits per heavy atom. The largest absolute Gasteiger partial charge is 0.497 e. The molecule has 0 aliphatic carbocycles. The van der Waals surface area contributed by atoms with E-state index >= 15 is 0 Å². The molecule has 4 aromatic rings. The van der Waals surface area contributed by atoms with Gasteiger partial charge in [0, 0.05) is 34.4 Å². The van der Waals surface area contributed by atoms with Gasteiger partial charge in [0.05, 0.1) is 25.5 Å². The third-order valence-corrected chi connectivity index (χ3v) is 8.33. The number of carbonyl (C=O) groups excluding carboxylic acids is 3. The number of nitrogens with one attached hydrogen (secondary N) is 3. The molecular formula is C30H26N4O4. The van der Waals surface area contributed by atoms with E-state index < -0.39 is 23.4 Å². The van der Waals surface area contributed by atoms with E-state index in [1.807, 2.05) is 79.0 Å². The molecule has 3 N–H and O–H groups in total. The second-order valence-electron chi connectivity index (χ2n) is 10.2. The molecule has 1 spiro atoms. The molecular weight excluding hydrogens is 480 g/mol. The highest BCUT2D eigenvalue weighted by atomic mass is 16.5. The highest BCUT2D eigenvalue weighted by molar-refractivity contribution is 6.15. The number of hydrogen-bond acceptors (Lipinski definition) is 5. The molecule has 8 nitrogen and oxygen atoms in total. The molecule has 0 bridgehead atoms. The van der Waals surface area contributed by atoms with Crippen molar-refractivity contribution in [1.29, 1.82) is 0 Å².